The second-order valence-corrected chi connectivity index (χ2v) is 7.58. The van der Waals surface area contributed by atoms with Crippen molar-refractivity contribution in [2.24, 2.45) is 5.92 Å². The number of nitrogens with one attached hydrogen (secondary N) is 1. The maximum absolute atomic E-state index is 12.8. The van der Waals surface area contributed by atoms with Gasteiger partial charge in [0, 0.05) is 23.5 Å². The van der Waals surface area contributed by atoms with Gasteiger partial charge in [-0.2, -0.15) is 0 Å². The van der Waals surface area contributed by atoms with E-state index in [0.717, 1.165) is 16.1 Å². The van der Waals surface area contributed by atoms with Crippen molar-refractivity contribution in [1.29, 1.82) is 0 Å². The van der Waals surface area contributed by atoms with E-state index in [0.29, 0.717) is 6.54 Å². The van der Waals surface area contributed by atoms with Gasteiger partial charge in [-0.1, -0.05) is 23.8 Å². The lowest BCUT2D eigenvalue weighted by molar-refractivity contribution is -0.141. The molecule has 3 rings (SSSR count). The Bertz CT molecular complexity index is 817. The molecule has 0 spiro atoms. The van der Waals surface area contributed by atoms with Crippen LogP contribution in [-0.4, -0.2) is 31.4 Å². The summed E-state index contributed by atoms with van der Waals surface area (Å²) >= 11 is 1.47. The van der Waals surface area contributed by atoms with Crippen molar-refractivity contribution in [3.05, 3.63) is 52.2 Å². The number of rotatable bonds is 6. The molecule has 0 bridgehead atoms. The molecule has 2 heterocycles. The Morgan fingerprint density at radius 1 is 1.30 bits per heavy atom. The molecule has 1 aliphatic rings. The van der Waals surface area contributed by atoms with E-state index in [2.05, 4.69) is 5.32 Å². The van der Waals surface area contributed by atoms with E-state index in [1.165, 1.54) is 18.4 Å². The highest BCUT2D eigenvalue weighted by molar-refractivity contribution is 7.10. The molecule has 27 heavy (non-hydrogen) atoms. The Hall–Kier alpha value is -2.67. The van der Waals surface area contributed by atoms with Gasteiger partial charge in [0.15, 0.2) is 0 Å². The summed E-state index contributed by atoms with van der Waals surface area (Å²) in [6.45, 7) is 2.32. The van der Waals surface area contributed by atoms with Gasteiger partial charge in [0.1, 0.15) is 0 Å². The first-order chi connectivity index (χ1) is 13.0. The van der Waals surface area contributed by atoms with Crippen LogP contribution in [0.15, 0.2) is 41.8 Å². The summed E-state index contributed by atoms with van der Waals surface area (Å²) in [5.41, 5.74) is 1.91. The van der Waals surface area contributed by atoms with Crippen molar-refractivity contribution < 1.29 is 19.1 Å². The summed E-state index contributed by atoms with van der Waals surface area (Å²) in [6, 6.07) is 11.0. The van der Waals surface area contributed by atoms with Crippen LogP contribution < -0.4 is 10.2 Å². The van der Waals surface area contributed by atoms with Gasteiger partial charge in [-0.05, 0) is 30.5 Å². The summed E-state index contributed by atoms with van der Waals surface area (Å²) < 4.78 is 4.74. The summed E-state index contributed by atoms with van der Waals surface area (Å²) in [4.78, 5) is 39.4. The van der Waals surface area contributed by atoms with E-state index in [-0.39, 0.29) is 24.7 Å². The van der Waals surface area contributed by atoms with Gasteiger partial charge in [-0.3, -0.25) is 14.4 Å². The first-order valence-corrected chi connectivity index (χ1v) is 9.63. The Kier molecular flexibility index (Phi) is 5.91. The van der Waals surface area contributed by atoms with Gasteiger partial charge >= 0.3 is 5.97 Å². The van der Waals surface area contributed by atoms with Crippen LogP contribution in [0.1, 0.15) is 29.3 Å². The first kappa shape index (κ1) is 19.1. The first-order valence-electron chi connectivity index (χ1n) is 8.75. The molecule has 0 saturated carbocycles. The summed E-state index contributed by atoms with van der Waals surface area (Å²) in [7, 11) is 1.32. The van der Waals surface area contributed by atoms with E-state index >= 15 is 0 Å². The summed E-state index contributed by atoms with van der Waals surface area (Å²) in [6.07, 6.45) is 0.222. The van der Waals surface area contributed by atoms with Gasteiger partial charge in [-0.25, -0.2) is 0 Å². The second kappa shape index (κ2) is 8.35. The highest BCUT2D eigenvalue weighted by Crippen LogP contribution is 2.28. The summed E-state index contributed by atoms with van der Waals surface area (Å²) in [5.74, 6) is -1.13. The maximum Gasteiger partial charge on any atom is 0.307 e. The fourth-order valence-corrected chi connectivity index (χ4v) is 3.89. The number of amides is 2. The smallest absolute Gasteiger partial charge is 0.307 e. The fourth-order valence-electron chi connectivity index (χ4n) is 3.11. The Morgan fingerprint density at radius 2 is 2.04 bits per heavy atom. The Morgan fingerprint density at radius 3 is 2.67 bits per heavy atom. The molecule has 1 saturated heterocycles. The number of hydrogen-bond acceptors (Lipinski definition) is 5. The monoisotopic (exact) mass is 386 g/mol. The van der Waals surface area contributed by atoms with Crippen molar-refractivity contribution in [3.63, 3.8) is 0 Å². The van der Waals surface area contributed by atoms with Crippen molar-refractivity contribution >= 4 is 34.8 Å². The highest BCUT2D eigenvalue weighted by Gasteiger charge is 2.36. The average molecular weight is 386 g/mol. The number of aryl methyl sites for hydroxylation is 1. The number of thiophene rings is 1. The van der Waals surface area contributed by atoms with E-state index < -0.39 is 17.9 Å². The third-order valence-electron chi connectivity index (χ3n) is 4.64. The minimum absolute atomic E-state index is 0.0606. The van der Waals surface area contributed by atoms with E-state index in [9.17, 15) is 14.4 Å². The van der Waals surface area contributed by atoms with Crippen LogP contribution >= 0.6 is 11.3 Å². The molecule has 1 aromatic heterocycles. The lowest BCUT2D eigenvalue weighted by Crippen LogP contribution is -2.36. The molecular weight excluding hydrogens is 364 g/mol. The molecule has 1 N–H and O–H groups in total. The van der Waals surface area contributed by atoms with Gasteiger partial charge < -0.3 is 15.0 Å². The maximum atomic E-state index is 12.8. The number of nitrogens with zero attached hydrogens (tertiary/aromatic N) is 1. The number of ether oxygens (including phenoxy) is 1. The molecule has 1 aromatic carbocycles. The van der Waals surface area contributed by atoms with Crippen LogP contribution in [0.5, 0.6) is 0 Å². The largest absolute Gasteiger partial charge is 0.469 e. The molecule has 6 nitrogen and oxygen atoms in total. The molecule has 1 fully saturated rings. The van der Waals surface area contributed by atoms with Crippen LogP contribution in [0.4, 0.5) is 5.69 Å². The number of benzene rings is 1. The number of anilines is 1. The fraction of sp³-hybridized carbons (Fsp3) is 0.350. The van der Waals surface area contributed by atoms with Crippen LogP contribution in [-0.2, 0) is 19.1 Å². The lowest BCUT2D eigenvalue weighted by Gasteiger charge is -2.20. The topological polar surface area (TPSA) is 75.7 Å². The third kappa shape index (κ3) is 4.54. The van der Waals surface area contributed by atoms with Crippen molar-refractivity contribution in [1.82, 2.24) is 5.32 Å². The molecule has 0 radical (unpaired) electrons. The number of carbonyl (C=O) groups excluding carboxylic acids is 3. The molecule has 0 unspecified atom stereocenters. The minimum Gasteiger partial charge on any atom is -0.469 e. The van der Waals surface area contributed by atoms with Crippen LogP contribution in [0.25, 0.3) is 0 Å². The van der Waals surface area contributed by atoms with Crippen molar-refractivity contribution in [2.45, 2.75) is 25.8 Å². The molecule has 2 aromatic rings. The lowest BCUT2D eigenvalue weighted by atomic mass is 10.1. The van der Waals surface area contributed by atoms with E-state index in [1.807, 2.05) is 48.7 Å². The van der Waals surface area contributed by atoms with Gasteiger partial charge in [0.25, 0.3) is 0 Å². The Balaban J connectivity index is 1.68. The molecule has 2 atom stereocenters. The predicted molar refractivity (Wildman–Crippen MR) is 103 cm³/mol. The molecule has 7 heteroatoms. The zero-order chi connectivity index (χ0) is 19.4. The molecule has 0 aliphatic carbocycles. The normalized spacial score (nSPS) is 17.6. The van der Waals surface area contributed by atoms with Crippen LogP contribution in [0.3, 0.4) is 0 Å². The molecule has 2 amide bonds. The van der Waals surface area contributed by atoms with Gasteiger partial charge in [0.05, 0.1) is 25.5 Å². The van der Waals surface area contributed by atoms with Crippen LogP contribution in [0, 0.1) is 12.8 Å². The third-order valence-corrected chi connectivity index (χ3v) is 5.63. The number of carbonyl (C=O) groups is 3. The number of esters is 1. The highest BCUT2D eigenvalue weighted by atomic mass is 32.1. The van der Waals surface area contributed by atoms with Crippen molar-refractivity contribution in [2.75, 3.05) is 18.6 Å². The van der Waals surface area contributed by atoms with E-state index in [4.69, 9.17) is 4.74 Å². The second-order valence-electron chi connectivity index (χ2n) is 6.60. The molecule has 1 aliphatic heterocycles. The zero-order valence-corrected chi connectivity index (χ0v) is 16.1. The summed E-state index contributed by atoms with van der Waals surface area (Å²) in [5, 5.41) is 4.81. The minimum atomic E-state index is -0.450. The molecular formula is C20H22N2O4S. The van der Waals surface area contributed by atoms with Gasteiger partial charge in [0.2, 0.25) is 11.8 Å². The SMILES string of the molecule is COC(=O)C[C@@H](NC(=O)[C@H]1CC(=O)N(c2ccc(C)cc2)C1)c1cccs1. The predicted octanol–water partition coefficient (Wildman–Crippen LogP) is 2.83. The number of methoxy groups -OCH3 is 1. The number of hydrogen-bond donors (Lipinski definition) is 1. The van der Waals surface area contributed by atoms with Crippen molar-refractivity contribution in [3.8, 4) is 0 Å². The van der Waals surface area contributed by atoms with Crippen LogP contribution in [0.2, 0.25) is 0 Å². The Labute approximate surface area is 162 Å². The standard InChI is InChI=1S/C20H22N2O4S/c1-13-5-7-15(8-6-13)22-12-14(10-18(22)23)20(25)21-16(11-19(24)26-2)17-4-3-9-27-17/h3-9,14,16H,10-12H2,1-2H3,(H,21,25)/t14-,16+/m0/s1. The zero-order valence-electron chi connectivity index (χ0n) is 15.3. The van der Waals surface area contributed by atoms with Gasteiger partial charge in [-0.15, -0.1) is 11.3 Å². The average Bonchev–Trinajstić information content (AvgIpc) is 3.31. The van der Waals surface area contributed by atoms with E-state index in [1.54, 1.807) is 4.90 Å². The quantitative estimate of drug-likeness (QED) is 0.775. The molecule has 142 valence electrons.